The SMILES string of the molecule is Nc1onc(-c2ccoc2)c1-c1ccc(OC(F)F)cc1. The van der Waals surface area contributed by atoms with Crippen LogP contribution in [0.15, 0.2) is 51.8 Å². The Kier molecular flexibility index (Phi) is 3.31. The van der Waals surface area contributed by atoms with Gasteiger partial charge in [-0.1, -0.05) is 17.3 Å². The zero-order valence-electron chi connectivity index (χ0n) is 10.6. The summed E-state index contributed by atoms with van der Waals surface area (Å²) in [7, 11) is 0. The Bertz CT molecular complexity index is 721. The fourth-order valence-corrected chi connectivity index (χ4v) is 1.98. The lowest BCUT2D eigenvalue weighted by Gasteiger charge is -2.05. The molecule has 7 heteroatoms. The van der Waals surface area contributed by atoms with Gasteiger partial charge >= 0.3 is 6.61 Å². The Labute approximate surface area is 117 Å². The third-order valence-electron chi connectivity index (χ3n) is 2.88. The second-order valence-electron chi connectivity index (χ2n) is 4.19. The molecule has 0 amide bonds. The average Bonchev–Trinajstić information content (AvgIpc) is 3.08. The number of nitrogen functional groups attached to an aromatic ring is 1. The Hall–Kier alpha value is -2.83. The highest BCUT2D eigenvalue weighted by molar-refractivity contribution is 5.86. The molecule has 0 radical (unpaired) electrons. The highest BCUT2D eigenvalue weighted by Gasteiger charge is 2.18. The molecule has 5 nitrogen and oxygen atoms in total. The first-order valence-corrected chi connectivity index (χ1v) is 5.98. The van der Waals surface area contributed by atoms with E-state index >= 15 is 0 Å². The number of furan rings is 1. The molecule has 2 N–H and O–H groups in total. The molecule has 0 unspecified atom stereocenters. The standard InChI is InChI=1S/C14H10F2N2O3/c15-14(16)20-10-3-1-8(2-4-10)11-12(18-21-13(11)17)9-5-6-19-7-9/h1-7,14H,17H2. The molecule has 2 heterocycles. The van der Waals surface area contributed by atoms with Gasteiger partial charge < -0.3 is 19.4 Å². The summed E-state index contributed by atoms with van der Waals surface area (Å²) in [6.07, 6.45) is 3.01. The van der Waals surface area contributed by atoms with Crippen LogP contribution in [0, 0.1) is 0 Å². The first-order valence-electron chi connectivity index (χ1n) is 5.98. The number of nitrogens with two attached hydrogens (primary N) is 1. The van der Waals surface area contributed by atoms with Crippen LogP contribution in [0.3, 0.4) is 0 Å². The zero-order chi connectivity index (χ0) is 14.8. The monoisotopic (exact) mass is 292 g/mol. The number of anilines is 1. The number of hydrogen-bond acceptors (Lipinski definition) is 5. The minimum atomic E-state index is -2.86. The maximum Gasteiger partial charge on any atom is 0.387 e. The maximum absolute atomic E-state index is 12.1. The fraction of sp³-hybridized carbons (Fsp3) is 0.0714. The molecule has 1 aromatic carbocycles. The number of benzene rings is 1. The average molecular weight is 292 g/mol. The summed E-state index contributed by atoms with van der Waals surface area (Å²) < 4.78 is 38.6. The molecule has 0 aliphatic rings. The first kappa shape index (κ1) is 13.2. The molecule has 3 aromatic rings. The first-order chi connectivity index (χ1) is 10.1. The van der Waals surface area contributed by atoms with Gasteiger partial charge in [-0.15, -0.1) is 0 Å². The predicted molar refractivity (Wildman–Crippen MR) is 70.7 cm³/mol. The Morgan fingerprint density at radius 2 is 1.86 bits per heavy atom. The summed E-state index contributed by atoms with van der Waals surface area (Å²) in [5, 5.41) is 3.89. The van der Waals surface area contributed by atoms with Gasteiger partial charge in [0.2, 0.25) is 5.88 Å². The lowest BCUT2D eigenvalue weighted by molar-refractivity contribution is -0.0498. The van der Waals surface area contributed by atoms with E-state index in [1.807, 2.05) is 0 Å². The van der Waals surface area contributed by atoms with Gasteiger partial charge in [0.1, 0.15) is 11.4 Å². The number of rotatable bonds is 4. The zero-order valence-corrected chi connectivity index (χ0v) is 10.6. The molecule has 0 atom stereocenters. The van der Waals surface area contributed by atoms with E-state index in [2.05, 4.69) is 9.89 Å². The molecule has 0 fully saturated rings. The van der Waals surface area contributed by atoms with E-state index in [0.29, 0.717) is 22.4 Å². The minimum absolute atomic E-state index is 0.0636. The topological polar surface area (TPSA) is 74.4 Å². The summed E-state index contributed by atoms with van der Waals surface area (Å²) in [6.45, 7) is -2.86. The molecule has 0 spiro atoms. The summed E-state index contributed by atoms with van der Waals surface area (Å²) in [6, 6.07) is 7.77. The van der Waals surface area contributed by atoms with Crippen molar-refractivity contribution < 1.29 is 22.5 Å². The maximum atomic E-state index is 12.1. The van der Waals surface area contributed by atoms with Crippen LogP contribution < -0.4 is 10.5 Å². The molecular formula is C14H10F2N2O3. The van der Waals surface area contributed by atoms with Crippen molar-refractivity contribution in [1.29, 1.82) is 0 Å². The van der Waals surface area contributed by atoms with Gasteiger partial charge in [-0.2, -0.15) is 8.78 Å². The molecule has 0 aliphatic carbocycles. The largest absolute Gasteiger partial charge is 0.472 e. The smallest absolute Gasteiger partial charge is 0.387 e. The highest BCUT2D eigenvalue weighted by Crippen LogP contribution is 2.36. The van der Waals surface area contributed by atoms with Crippen molar-refractivity contribution >= 4 is 5.88 Å². The second-order valence-corrected chi connectivity index (χ2v) is 4.19. The van der Waals surface area contributed by atoms with Crippen LogP contribution in [-0.2, 0) is 0 Å². The quantitative estimate of drug-likeness (QED) is 0.792. The normalized spacial score (nSPS) is 11.0. The van der Waals surface area contributed by atoms with Crippen LogP contribution in [0.2, 0.25) is 0 Å². The van der Waals surface area contributed by atoms with E-state index in [1.165, 1.54) is 24.7 Å². The van der Waals surface area contributed by atoms with Crippen molar-refractivity contribution in [2.75, 3.05) is 5.73 Å². The van der Waals surface area contributed by atoms with E-state index in [-0.39, 0.29) is 11.6 Å². The third kappa shape index (κ3) is 2.58. The van der Waals surface area contributed by atoms with Crippen molar-refractivity contribution in [3.8, 4) is 28.1 Å². The van der Waals surface area contributed by atoms with Crippen LogP contribution in [0.25, 0.3) is 22.4 Å². The van der Waals surface area contributed by atoms with Crippen molar-refractivity contribution in [3.05, 3.63) is 42.9 Å². The lowest BCUT2D eigenvalue weighted by Crippen LogP contribution is -2.01. The van der Waals surface area contributed by atoms with Crippen LogP contribution in [-0.4, -0.2) is 11.8 Å². The van der Waals surface area contributed by atoms with Gasteiger partial charge in [-0.25, -0.2) is 0 Å². The summed E-state index contributed by atoms with van der Waals surface area (Å²) in [4.78, 5) is 0. The van der Waals surface area contributed by atoms with Crippen LogP contribution in [0.5, 0.6) is 5.75 Å². The molecule has 0 bridgehead atoms. The number of hydrogen-bond donors (Lipinski definition) is 1. The van der Waals surface area contributed by atoms with E-state index in [1.54, 1.807) is 18.2 Å². The number of halogens is 2. The molecule has 2 aromatic heterocycles. The minimum Gasteiger partial charge on any atom is -0.472 e. The number of aromatic nitrogens is 1. The molecule has 3 rings (SSSR count). The van der Waals surface area contributed by atoms with Gasteiger partial charge in [0.15, 0.2) is 0 Å². The Morgan fingerprint density at radius 1 is 1.10 bits per heavy atom. The van der Waals surface area contributed by atoms with Crippen molar-refractivity contribution in [3.63, 3.8) is 0 Å². The third-order valence-corrected chi connectivity index (χ3v) is 2.88. The van der Waals surface area contributed by atoms with Gasteiger partial charge in [-0.3, -0.25) is 0 Å². The molecular weight excluding hydrogens is 282 g/mol. The van der Waals surface area contributed by atoms with Crippen LogP contribution in [0.1, 0.15) is 0 Å². The number of alkyl halides is 2. The number of ether oxygens (including phenoxy) is 1. The summed E-state index contributed by atoms with van der Waals surface area (Å²) in [5.74, 6) is 0.197. The van der Waals surface area contributed by atoms with Crippen molar-refractivity contribution in [2.45, 2.75) is 6.61 Å². The fourth-order valence-electron chi connectivity index (χ4n) is 1.98. The molecule has 21 heavy (non-hydrogen) atoms. The lowest BCUT2D eigenvalue weighted by atomic mass is 10.0. The van der Waals surface area contributed by atoms with Gasteiger partial charge in [0, 0.05) is 5.56 Å². The molecule has 0 aliphatic heterocycles. The van der Waals surface area contributed by atoms with Crippen LogP contribution >= 0.6 is 0 Å². The summed E-state index contributed by atoms with van der Waals surface area (Å²) >= 11 is 0. The second kappa shape index (κ2) is 5.28. The van der Waals surface area contributed by atoms with E-state index in [4.69, 9.17) is 14.7 Å². The van der Waals surface area contributed by atoms with Gasteiger partial charge in [-0.05, 0) is 23.8 Å². The van der Waals surface area contributed by atoms with Gasteiger partial charge in [0.05, 0.1) is 18.1 Å². The van der Waals surface area contributed by atoms with E-state index in [0.717, 1.165) is 0 Å². The highest BCUT2D eigenvalue weighted by atomic mass is 19.3. The summed E-state index contributed by atoms with van der Waals surface area (Å²) in [5.41, 5.74) is 8.25. The Balaban J connectivity index is 1.99. The molecule has 0 saturated heterocycles. The van der Waals surface area contributed by atoms with E-state index in [9.17, 15) is 8.78 Å². The predicted octanol–water partition coefficient (Wildman–Crippen LogP) is 3.79. The van der Waals surface area contributed by atoms with Crippen molar-refractivity contribution in [1.82, 2.24) is 5.16 Å². The molecule has 108 valence electrons. The Morgan fingerprint density at radius 3 is 2.48 bits per heavy atom. The molecule has 0 saturated carbocycles. The number of nitrogens with zero attached hydrogens (tertiary/aromatic N) is 1. The van der Waals surface area contributed by atoms with Gasteiger partial charge in [0.25, 0.3) is 0 Å². The van der Waals surface area contributed by atoms with E-state index < -0.39 is 6.61 Å². The van der Waals surface area contributed by atoms with Crippen LogP contribution in [0.4, 0.5) is 14.7 Å². The van der Waals surface area contributed by atoms with Crippen molar-refractivity contribution in [2.24, 2.45) is 0 Å².